The molecule has 2 heterocycles. The van der Waals surface area contributed by atoms with Gasteiger partial charge >= 0.3 is 0 Å². The van der Waals surface area contributed by atoms with Crippen molar-refractivity contribution in [1.82, 2.24) is 9.38 Å². The Hall–Kier alpha value is -2.63. The largest absolute Gasteiger partial charge is 0.326 e. The number of fused-ring (bicyclic) bond motifs is 1. The van der Waals surface area contributed by atoms with Crippen LogP contribution in [0.25, 0.3) is 16.2 Å². The molecule has 28 heavy (non-hydrogen) atoms. The molecule has 0 aliphatic carbocycles. The number of carbonyl (C=O) groups is 1. The van der Waals surface area contributed by atoms with Crippen molar-refractivity contribution >= 4 is 39.5 Å². The van der Waals surface area contributed by atoms with Gasteiger partial charge in [0.2, 0.25) is 5.91 Å². The van der Waals surface area contributed by atoms with Crippen molar-refractivity contribution in [2.45, 2.75) is 26.7 Å². The molecule has 1 amide bonds. The van der Waals surface area contributed by atoms with Crippen LogP contribution in [0, 0.1) is 13.8 Å². The Bertz CT molecular complexity index is 1120. The first-order valence-electron chi connectivity index (χ1n) is 9.07. The Labute approximate surface area is 172 Å². The van der Waals surface area contributed by atoms with Crippen molar-refractivity contribution in [2.24, 2.45) is 0 Å². The Balaban J connectivity index is 1.46. The number of hydrogen-bond donors (Lipinski definition) is 1. The maximum absolute atomic E-state index is 12.4. The number of nitrogens with zero attached hydrogens (tertiary/aromatic N) is 2. The second kappa shape index (κ2) is 7.78. The van der Waals surface area contributed by atoms with Crippen LogP contribution in [0.1, 0.15) is 23.2 Å². The maximum Gasteiger partial charge on any atom is 0.224 e. The molecule has 0 fully saturated rings. The first-order chi connectivity index (χ1) is 13.5. The highest BCUT2D eigenvalue weighted by Crippen LogP contribution is 2.25. The van der Waals surface area contributed by atoms with E-state index in [1.165, 1.54) is 0 Å². The van der Waals surface area contributed by atoms with Gasteiger partial charge in [-0.3, -0.25) is 9.20 Å². The third-order valence-electron chi connectivity index (χ3n) is 4.54. The van der Waals surface area contributed by atoms with Crippen LogP contribution in [0.5, 0.6) is 0 Å². The van der Waals surface area contributed by atoms with Crippen LogP contribution in [-0.4, -0.2) is 15.3 Å². The molecule has 6 heteroatoms. The van der Waals surface area contributed by atoms with Gasteiger partial charge in [-0.1, -0.05) is 29.8 Å². The van der Waals surface area contributed by atoms with E-state index in [1.54, 1.807) is 11.3 Å². The number of hydrogen-bond acceptors (Lipinski definition) is 3. The fraction of sp³-hybridized carbons (Fsp3) is 0.182. The van der Waals surface area contributed by atoms with Crippen molar-refractivity contribution in [3.8, 4) is 11.3 Å². The zero-order valence-corrected chi connectivity index (χ0v) is 17.3. The van der Waals surface area contributed by atoms with Crippen LogP contribution < -0.4 is 5.32 Å². The highest BCUT2D eigenvalue weighted by molar-refractivity contribution is 7.15. The molecule has 0 saturated carbocycles. The van der Waals surface area contributed by atoms with Gasteiger partial charge in [0, 0.05) is 40.0 Å². The number of amides is 1. The molecule has 0 atom stereocenters. The summed E-state index contributed by atoms with van der Waals surface area (Å²) in [6, 6.07) is 13.7. The van der Waals surface area contributed by atoms with Crippen molar-refractivity contribution < 1.29 is 4.79 Å². The number of thiazole rings is 1. The summed E-state index contributed by atoms with van der Waals surface area (Å²) in [5, 5.41) is 5.77. The number of carbonyl (C=O) groups excluding carboxylic acids is 1. The lowest BCUT2D eigenvalue weighted by Crippen LogP contribution is -2.13. The third kappa shape index (κ3) is 4.11. The molecule has 0 bridgehead atoms. The van der Waals surface area contributed by atoms with Crippen molar-refractivity contribution in [3.63, 3.8) is 0 Å². The number of aryl methyl sites for hydroxylation is 3. The number of nitrogens with one attached hydrogen (secondary N) is 1. The van der Waals surface area contributed by atoms with Gasteiger partial charge in [0.25, 0.3) is 0 Å². The van der Waals surface area contributed by atoms with E-state index in [0.29, 0.717) is 17.9 Å². The fourth-order valence-corrected chi connectivity index (χ4v) is 4.31. The fourth-order valence-electron chi connectivity index (χ4n) is 3.28. The number of halogens is 1. The summed E-state index contributed by atoms with van der Waals surface area (Å²) in [7, 11) is 0. The summed E-state index contributed by atoms with van der Waals surface area (Å²) in [6.07, 6.45) is 3.10. The summed E-state index contributed by atoms with van der Waals surface area (Å²) in [4.78, 5) is 18.0. The number of rotatable bonds is 5. The molecule has 2 aromatic heterocycles. The number of imidazole rings is 1. The van der Waals surface area contributed by atoms with E-state index in [1.807, 2.05) is 56.4 Å². The van der Waals surface area contributed by atoms with E-state index in [2.05, 4.69) is 26.1 Å². The molecule has 4 rings (SSSR count). The predicted molar refractivity (Wildman–Crippen MR) is 116 cm³/mol. The van der Waals surface area contributed by atoms with Crippen LogP contribution in [0.3, 0.4) is 0 Å². The minimum absolute atomic E-state index is 0.0161. The minimum Gasteiger partial charge on any atom is -0.326 e. The summed E-state index contributed by atoms with van der Waals surface area (Å²) < 4.78 is 2.07. The van der Waals surface area contributed by atoms with Gasteiger partial charge < -0.3 is 5.32 Å². The smallest absolute Gasteiger partial charge is 0.224 e. The lowest BCUT2D eigenvalue weighted by molar-refractivity contribution is -0.116. The zero-order chi connectivity index (χ0) is 19.7. The van der Waals surface area contributed by atoms with Crippen LogP contribution in [0.2, 0.25) is 5.02 Å². The first-order valence-corrected chi connectivity index (χ1v) is 10.3. The Morgan fingerprint density at radius 1 is 1.14 bits per heavy atom. The van der Waals surface area contributed by atoms with Crippen LogP contribution >= 0.6 is 22.9 Å². The molecule has 0 radical (unpaired) electrons. The van der Waals surface area contributed by atoms with Gasteiger partial charge in [-0.25, -0.2) is 4.98 Å². The molecule has 4 nitrogen and oxygen atoms in total. The second-order valence-corrected chi connectivity index (χ2v) is 8.21. The quantitative estimate of drug-likeness (QED) is 0.445. The van der Waals surface area contributed by atoms with E-state index >= 15 is 0 Å². The molecule has 0 aliphatic rings. The van der Waals surface area contributed by atoms with Crippen LogP contribution in [0.4, 0.5) is 5.69 Å². The maximum atomic E-state index is 12.4. The molecular formula is C22H20ClN3OS. The molecule has 0 unspecified atom stereocenters. The number of anilines is 1. The summed E-state index contributed by atoms with van der Waals surface area (Å²) in [5.41, 5.74) is 6.16. The van der Waals surface area contributed by atoms with Gasteiger partial charge in [0.05, 0.1) is 5.69 Å². The first kappa shape index (κ1) is 18.7. The van der Waals surface area contributed by atoms with E-state index < -0.39 is 0 Å². The lowest BCUT2D eigenvalue weighted by atomic mass is 10.1. The molecule has 0 aliphatic heterocycles. The molecular weight excluding hydrogens is 390 g/mol. The highest BCUT2D eigenvalue weighted by atomic mass is 35.5. The van der Waals surface area contributed by atoms with Gasteiger partial charge in [0.15, 0.2) is 4.96 Å². The SMILES string of the molecule is Cc1cc(C)cc(NC(=O)CCc2csc3nc(-c4ccc(Cl)cc4)cn23)c1. The normalized spacial score (nSPS) is 11.1. The Morgan fingerprint density at radius 3 is 2.57 bits per heavy atom. The molecule has 142 valence electrons. The predicted octanol–water partition coefficient (Wildman–Crippen LogP) is 5.90. The monoisotopic (exact) mass is 409 g/mol. The number of benzene rings is 2. The topological polar surface area (TPSA) is 46.4 Å². The summed E-state index contributed by atoms with van der Waals surface area (Å²) in [5.74, 6) is 0.0161. The number of aromatic nitrogens is 2. The van der Waals surface area contributed by atoms with Gasteiger partial charge in [0.1, 0.15) is 0 Å². The van der Waals surface area contributed by atoms with E-state index in [4.69, 9.17) is 11.6 Å². The Kier molecular flexibility index (Phi) is 5.20. The molecule has 0 saturated heterocycles. The van der Waals surface area contributed by atoms with Crippen LogP contribution in [-0.2, 0) is 11.2 Å². The van der Waals surface area contributed by atoms with Gasteiger partial charge in [-0.2, -0.15) is 0 Å². The van der Waals surface area contributed by atoms with Crippen molar-refractivity contribution in [1.29, 1.82) is 0 Å². The standard InChI is InChI=1S/C22H20ClN3OS/c1-14-9-15(2)11-18(10-14)24-21(27)8-7-19-13-28-22-25-20(12-26(19)22)16-3-5-17(23)6-4-16/h3-6,9-13H,7-8H2,1-2H3,(H,24,27). The third-order valence-corrected chi connectivity index (χ3v) is 5.68. The molecule has 4 aromatic rings. The molecule has 2 aromatic carbocycles. The zero-order valence-electron chi connectivity index (χ0n) is 15.7. The summed E-state index contributed by atoms with van der Waals surface area (Å²) >= 11 is 7.55. The lowest BCUT2D eigenvalue weighted by Gasteiger charge is -2.07. The molecule has 1 N–H and O–H groups in total. The average Bonchev–Trinajstić information content (AvgIpc) is 3.20. The van der Waals surface area contributed by atoms with Crippen molar-refractivity contribution in [2.75, 3.05) is 5.32 Å². The van der Waals surface area contributed by atoms with Gasteiger partial charge in [-0.05, 0) is 55.7 Å². The highest BCUT2D eigenvalue weighted by Gasteiger charge is 2.11. The summed E-state index contributed by atoms with van der Waals surface area (Å²) in [6.45, 7) is 4.06. The van der Waals surface area contributed by atoms with Gasteiger partial charge in [-0.15, -0.1) is 11.3 Å². The minimum atomic E-state index is 0.0161. The Morgan fingerprint density at radius 2 is 1.86 bits per heavy atom. The average molecular weight is 410 g/mol. The van der Waals surface area contributed by atoms with Crippen LogP contribution in [0.15, 0.2) is 54.0 Å². The molecule has 0 spiro atoms. The second-order valence-electron chi connectivity index (χ2n) is 6.94. The van der Waals surface area contributed by atoms with E-state index in [-0.39, 0.29) is 5.91 Å². The van der Waals surface area contributed by atoms with Crippen molar-refractivity contribution in [3.05, 3.63) is 75.9 Å². The van der Waals surface area contributed by atoms with E-state index in [0.717, 1.165) is 38.7 Å². The van der Waals surface area contributed by atoms with E-state index in [9.17, 15) is 4.79 Å².